The maximum atomic E-state index is 12.5. The van der Waals surface area contributed by atoms with E-state index in [-0.39, 0.29) is 5.91 Å². The number of nitrogens with one attached hydrogen (secondary N) is 1. The fraction of sp³-hybridized carbons (Fsp3) is 0.278. The molecule has 0 radical (unpaired) electrons. The Morgan fingerprint density at radius 3 is 3.12 bits per heavy atom. The van der Waals surface area contributed by atoms with Gasteiger partial charge in [0.2, 0.25) is 0 Å². The van der Waals surface area contributed by atoms with Crippen molar-refractivity contribution in [2.45, 2.75) is 26.7 Å². The van der Waals surface area contributed by atoms with Gasteiger partial charge in [0.05, 0.1) is 18.0 Å². The molecule has 0 unspecified atom stereocenters. The number of fused-ring (bicyclic) bond motifs is 1. The highest BCUT2D eigenvalue weighted by molar-refractivity contribution is 7.14. The molecule has 1 aliphatic heterocycles. The second-order valence-electron chi connectivity index (χ2n) is 5.83. The van der Waals surface area contributed by atoms with Gasteiger partial charge in [0.15, 0.2) is 5.13 Å². The molecule has 0 spiro atoms. The zero-order valence-corrected chi connectivity index (χ0v) is 14.8. The molecule has 25 heavy (non-hydrogen) atoms. The largest absolute Gasteiger partial charge is 0.493 e. The highest BCUT2D eigenvalue weighted by atomic mass is 32.1. The zero-order valence-electron chi connectivity index (χ0n) is 14.0. The summed E-state index contributed by atoms with van der Waals surface area (Å²) in [6, 6.07) is 6.07. The molecule has 4 rings (SSSR count). The van der Waals surface area contributed by atoms with Crippen LogP contribution in [0.4, 0.5) is 5.13 Å². The lowest BCUT2D eigenvalue weighted by Crippen LogP contribution is -2.14. The highest BCUT2D eigenvalue weighted by Crippen LogP contribution is 2.32. The molecule has 6 nitrogen and oxygen atoms in total. The smallest absolute Gasteiger partial charge is 0.262 e. The number of hydrogen-bond donors (Lipinski definition) is 1. The minimum Gasteiger partial charge on any atom is -0.493 e. The van der Waals surface area contributed by atoms with Crippen molar-refractivity contribution in [3.63, 3.8) is 0 Å². The van der Waals surface area contributed by atoms with Crippen molar-refractivity contribution in [2.75, 3.05) is 11.9 Å². The van der Waals surface area contributed by atoms with E-state index in [1.54, 1.807) is 6.92 Å². The van der Waals surface area contributed by atoms with Crippen molar-refractivity contribution in [3.8, 4) is 17.0 Å². The first-order valence-corrected chi connectivity index (χ1v) is 9.01. The summed E-state index contributed by atoms with van der Waals surface area (Å²) in [4.78, 5) is 17.0. The van der Waals surface area contributed by atoms with Gasteiger partial charge >= 0.3 is 0 Å². The summed E-state index contributed by atoms with van der Waals surface area (Å²) in [5, 5.41) is 9.26. The first-order chi connectivity index (χ1) is 12.2. The van der Waals surface area contributed by atoms with E-state index in [1.165, 1.54) is 16.9 Å². The third kappa shape index (κ3) is 2.91. The van der Waals surface area contributed by atoms with Gasteiger partial charge in [-0.1, -0.05) is 12.1 Å². The molecule has 0 fully saturated rings. The molecule has 3 aromatic rings. The number of thiazole rings is 1. The maximum absolute atomic E-state index is 12.5. The fourth-order valence-electron chi connectivity index (χ4n) is 2.92. The molecule has 2 aromatic heterocycles. The van der Waals surface area contributed by atoms with Crippen LogP contribution in [0.3, 0.4) is 0 Å². The first kappa shape index (κ1) is 15.8. The van der Waals surface area contributed by atoms with E-state index in [2.05, 4.69) is 21.5 Å². The number of benzene rings is 1. The van der Waals surface area contributed by atoms with Crippen LogP contribution in [0.2, 0.25) is 0 Å². The lowest BCUT2D eigenvalue weighted by atomic mass is 10.1. The molecule has 7 heteroatoms. The molecule has 1 N–H and O–H groups in total. The van der Waals surface area contributed by atoms with Crippen molar-refractivity contribution in [1.82, 2.24) is 10.1 Å². The average Bonchev–Trinajstić information content (AvgIpc) is 3.32. The van der Waals surface area contributed by atoms with Crippen LogP contribution in [0.25, 0.3) is 11.3 Å². The number of carbonyl (C=O) groups excluding carboxylic acids is 1. The van der Waals surface area contributed by atoms with Crippen molar-refractivity contribution >= 4 is 22.4 Å². The van der Waals surface area contributed by atoms with E-state index in [0.29, 0.717) is 28.6 Å². The Hall–Kier alpha value is -2.67. The van der Waals surface area contributed by atoms with Gasteiger partial charge in [0.1, 0.15) is 17.1 Å². The molecule has 0 aliphatic carbocycles. The topological polar surface area (TPSA) is 77.3 Å². The van der Waals surface area contributed by atoms with Crippen molar-refractivity contribution in [1.29, 1.82) is 0 Å². The third-order valence-electron chi connectivity index (χ3n) is 4.21. The van der Waals surface area contributed by atoms with Crippen LogP contribution < -0.4 is 10.1 Å². The van der Waals surface area contributed by atoms with Gasteiger partial charge in [0.25, 0.3) is 5.91 Å². The number of ether oxygens (including phenoxy) is 1. The van der Waals surface area contributed by atoms with E-state index in [1.807, 2.05) is 24.4 Å². The predicted molar refractivity (Wildman–Crippen MR) is 95.3 cm³/mol. The molecule has 1 amide bonds. The van der Waals surface area contributed by atoms with Crippen molar-refractivity contribution in [3.05, 3.63) is 46.2 Å². The Balaban J connectivity index is 1.55. The number of amides is 1. The minimum atomic E-state index is -0.237. The lowest BCUT2D eigenvalue weighted by molar-refractivity contribution is 0.102. The summed E-state index contributed by atoms with van der Waals surface area (Å²) in [7, 11) is 0. The maximum Gasteiger partial charge on any atom is 0.262 e. The molecule has 3 heterocycles. The van der Waals surface area contributed by atoms with Crippen LogP contribution in [0.1, 0.15) is 34.3 Å². The Morgan fingerprint density at radius 2 is 2.28 bits per heavy atom. The molecular formula is C18H17N3O3S. The highest BCUT2D eigenvalue weighted by Gasteiger charge is 2.20. The fourth-order valence-corrected chi connectivity index (χ4v) is 3.63. The quantitative estimate of drug-likeness (QED) is 0.769. The van der Waals surface area contributed by atoms with Crippen LogP contribution in [0, 0.1) is 6.92 Å². The molecule has 128 valence electrons. The molecule has 0 bridgehead atoms. The van der Waals surface area contributed by atoms with Gasteiger partial charge in [-0.2, -0.15) is 0 Å². The van der Waals surface area contributed by atoms with Gasteiger partial charge in [-0.25, -0.2) is 4.98 Å². The Morgan fingerprint density at radius 1 is 1.40 bits per heavy atom. The lowest BCUT2D eigenvalue weighted by Gasteiger charge is -2.02. The number of nitrogens with zero attached hydrogens (tertiary/aromatic N) is 2. The second-order valence-corrected chi connectivity index (χ2v) is 6.69. The standard InChI is InChI=1S/C18H17N3O3S/c1-3-13-16(10(2)24-21-13)17(22)20-18-19-14(9-25-18)11-4-5-15-12(8-11)6-7-23-15/h4-5,8-9H,3,6-7H2,1-2H3,(H,19,20,22). The average molecular weight is 355 g/mol. The number of anilines is 1. The number of aryl methyl sites for hydroxylation is 2. The van der Waals surface area contributed by atoms with Crippen LogP contribution >= 0.6 is 11.3 Å². The SMILES string of the molecule is CCc1noc(C)c1C(=O)Nc1nc(-c2ccc3c(c2)CCO3)cs1. The number of rotatable bonds is 4. The third-order valence-corrected chi connectivity index (χ3v) is 4.96. The predicted octanol–water partition coefficient (Wildman–Crippen LogP) is 3.86. The molecule has 1 aliphatic rings. The Labute approximate surface area is 148 Å². The number of aromatic nitrogens is 2. The molecular weight excluding hydrogens is 338 g/mol. The van der Waals surface area contributed by atoms with Crippen LogP contribution in [-0.4, -0.2) is 22.7 Å². The van der Waals surface area contributed by atoms with E-state index in [0.717, 1.165) is 30.0 Å². The molecule has 0 saturated heterocycles. The van der Waals surface area contributed by atoms with Crippen LogP contribution in [-0.2, 0) is 12.8 Å². The summed E-state index contributed by atoms with van der Waals surface area (Å²) in [5.74, 6) is 1.23. The second kappa shape index (κ2) is 6.33. The zero-order chi connectivity index (χ0) is 17.4. The Bertz CT molecular complexity index is 945. The number of hydrogen-bond acceptors (Lipinski definition) is 6. The normalized spacial score (nSPS) is 12.7. The van der Waals surface area contributed by atoms with Crippen LogP contribution in [0.15, 0.2) is 28.1 Å². The van der Waals surface area contributed by atoms with E-state index in [4.69, 9.17) is 9.26 Å². The molecule has 0 atom stereocenters. The Kier molecular flexibility index (Phi) is 4.01. The first-order valence-electron chi connectivity index (χ1n) is 8.14. The van der Waals surface area contributed by atoms with Gasteiger partial charge in [-0.05, 0) is 37.1 Å². The summed E-state index contributed by atoms with van der Waals surface area (Å²) in [5.41, 5.74) is 4.22. The van der Waals surface area contributed by atoms with E-state index in [9.17, 15) is 4.79 Å². The number of carbonyl (C=O) groups is 1. The van der Waals surface area contributed by atoms with Gasteiger partial charge < -0.3 is 9.26 Å². The van der Waals surface area contributed by atoms with E-state index < -0.39 is 0 Å². The summed E-state index contributed by atoms with van der Waals surface area (Å²) >= 11 is 1.40. The van der Waals surface area contributed by atoms with Gasteiger partial charge in [-0.3, -0.25) is 10.1 Å². The summed E-state index contributed by atoms with van der Waals surface area (Å²) in [6.07, 6.45) is 1.56. The van der Waals surface area contributed by atoms with Crippen molar-refractivity contribution in [2.24, 2.45) is 0 Å². The monoisotopic (exact) mass is 355 g/mol. The minimum absolute atomic E-state index is 0.237. The van der Waals surface area contributed by atoms with Crippen molar-refractivity contribution < 1.29 is 14.1 Å². The van der Waals surface area contributed by atoms with Gasteiger partial charge in [-0.15, -0.1) is 11.3 Å². The van der Waals surface area contributed by atoms with Crippen LogP contribution in [0.5, 0.6) is 5.75 Å². The van der Waals surface area contributed by atoms with E-state index >= 15 is 0 Å². The summed E-state index contributed by atoms with van der Waals surface area (Å²) in [6.45, 7) is 4.41. The molecule has 0 saturated carbocycles. The molecule has 1 aromatic carbocycles. The van der Waals surface area contributed by atoms with Gasteiger partial charge in [0, 0.05) is 17.4 Å². The summed E-state index contributed by atoms with van der Waals surface area (Å²) < 4.78 is 10.7.